The Morgan fingerprint density at radius 3 is 2.71 bits per heavy atom. The fraction of sp³-hybridized carbons (Fsp3) is 0.750. The van der Waals surface area contributed by atoms with Gasteiger partial charge in [-0.25, -0.2) is 5.32 Å². The monoisotopic (exact) mass is 100 g/mol. The van der Waals surface area contributed by atoms with Crippen LogP contribution < -0.4 is 5.32 Å². The Labute approximate surface area is 41.7 Å². The van der Waals surface area contributed by atoms with E-state index < -0.39 is 0 Å². The Balaban J connectivity index is 2.24. The third-order valence-electron chi connectivity index (χ3n) is 0.838. The van der Waals surface area contributed by atoms with Gasteiger partial charge in [0.15, 0.2) is 0 Å². The number of rotatable bonds is 1. The minimum absolute atomic E-state index is 0.120. The van der Waals surface area contributed by atoms with Gasteiger partial charge in [0, 0.05) is 6.54 Å². The number of hydrogen-bond acceptors (Lipinski definition) is 2. The molecular formula is C4H6NO2. The molecule has 0 bridgehead atoms. The van der Waals surface area contributed by atoms with Crippen LogP contribution in [0.25, 0.3) is 0 Å². The lowest BCUT2D eigenvalue weighted by molar-refractivity contribution is -0.139. The Bertz CT molecular complexity index is 87.7. The van der Waals surface area contributed by atoms with Crippen molar-refractivity contribution in [3.8, 4) is 0 Å². The summed E-state index contributed by atoms with van der Waals surface area (Å²) < 4.78 is 4.34. The van der Waals surface area contributed by atoms with Gasteiger partial charge in [0.25, 0.3) is 0 Å². The molecular weight excluding hydrogens is 94.0 g/mol. The van der Waals surface area contributed by atoms with Gasteiger partial charge < -0.3 is 4.74 Å². The molecule has 0 amide bonds. The molecule has 3 heteroatoms. The number of carbonyl (C=O) groups is 1. The summed E-state index contributed by atoms with van der Waals surface area (Å²) in [7, 11) is 1.37. The average molecular weight is 100 g/mol. The minimum Gasteiger partial charge on any atom is -0.468 e. The van der Waals surface area contributed by atoms with Gasteiger partial charge in [0.05, 0.1) is 7.11 Å². The molecule has 39 valence electrons. The number of ether oxygens (including phenoxy) is 1. The fourth-order valence-corrected chi connectivity index (χ4v) is 0.338. The molecule has 0 aliphatic carbocycles. The van der Waals surface area contributed by atoms with Gasteiger partial charge in [-0.15, -0.1) is 0 Å². The van der Waals surface area contributed by atoms with E-state index in [0.29, 0.717) is 6.54 Å². The summed E-state index contributed by atoms with van der Waals surface area (Å²) in [5.41, 5.74) is 0. The maximum absolute atomic E-state index is 10.3. The number of methoxy groups -OCH3 is 1. The van der Waals surface area contributed by atoms with Crippen molar-refractivity contribution in [3.63, 3.8) is 0 Å². The predicted molar refractivity (Wildman–Crippen MR) is 22.8 cm³/mol. The van der Waals surface area contributed by atoms with E-state index >= 15 is 0 Å². The minimum atomic E-state index is -0.208. The number of hydrogen-bond donors (Lipinski definition) is 0. The summed E-state index contributed by atoms with van der Waals surface area (Å²) in [6, 6.07) is -0.120. The van der Waals surface area contributed by atoms with Crippen LogP contribution in [0.5, 0.6) is 0 Å². The van der Waals surface area contributed by atoms with Crippen molar-refractivity contribution in [2.75, 3.05) is 13.7 Å². The second-order valence-electron chi connectivity index (χ2n) is 1.40. The van der Waals surface area contributed by atoms with Crippen molar-refractivity contribution in [1.82, 2.24) is 5.32 Å². The van der Waals surface area contributed by atoms with Crippen molar-refractivity contribution < 1.29 is 9.53 Å². The van der Waals surface area contributed by atoms with E-state index in [2.05, 4.69) is 10.1 Å². The SMILES string of the molecule is COC(=O)C1C[N]1. The summed E-state index contributed by atoms with van der Waals surface area (Å²) in [4.78, 5) is 10.3. The first-order chi connectivity index (χ1) is 3.34. The highest BCUT2D eigenvalue weighted by Crippen LogP contribution is 2.00. The highest BCUT2D eigenvalue weighted by Gasteiger charge is 2.31. The lowest BCUT2D eigenvalue weighted by Crippen LogP contribution is -2.08. The summed E-state index contributed by atoms with van der Waals surface area (Å²) >= 11 is 0. The van der Waals surface area contributed by atoms with E-state index in [1.165, 1.54) is 7.11 Å². The molecule has 0 aromatic heterocycles. The third-order valence-corrected chi connectivity index (χ3v) is 0.838. The highest BCUT2D eigenvalue weighted by molar-refractivity contribution is 5.78. The van der Waals surface area contributed by atoms with Crippen LogP contribution in [0, 0.1) is 0 Å². The Kier molecular flexibility index (Phi) is 0.982. The standard InChI is InChI=1S/C4H6NO2/c1-7-4(6)3-2-5-3/h3H,2H2,1H3. The molecule has 1 saturated heterocycles. The van der Waals surface area contributed by atoms with Crippen LogP contribution in [0.4, 0.5) is 0 Å². The molecule has 0 saturated carbocycles. The van der Waals surface area contributed by atoms with Crippen molar-refractivity contribution in [2.24, 2.45) is 0 Å². The molecule has 1 atom stereocenters. The lowest BCUT2D eigenvalue weighted by atomic mass is 10.5. The van der Waals surface area contributed by atoms with E-state index in [9.17, 15) is 4.79 Å². The van der Waals surface area contributed by atoms with Crippen molar-refractivity contribution in [1.29, 1.82) is 0 Å². The van der Waals surface area contributed by atoms with Gasteiger partial charge in [0.1, 0.15) is 6.04 Å². The molecule has 7 heavy (non-hydrogen) atoms. The van der Waals surface area contributed by atoms with Gasteiger partial charge >= 0.3 is 5.97 Å². The zero-order valence-electron chi connectivity index (χ0n) is 4.05. The number of esters is 1. The molecule has 1 radical (unpaired) electrons. The maximum atomic E-state index is 10.3. The zero-order valence-corrected chi connectivity index (χ0v) is 4.05. The molecule has 1 unspecified atom stereocenters. The summed E-state index contributed by atoms with van der Waals surface area (Å²) in [6.45, 7) is 0.659. The van der Waals surface area contributed by atoms with Gasteiger partial charge in [-0.1, -0.05) is 0 Å². The molecule has 1 aliphatic heterocycles. The van der Waals surface area contributed by atoms with Crippen LogP contribution in [0.15, 0.2) is 0 Å². The van der Waals surface area contributed by atoms with Crippen LogP contribution in [0.3, 0.4) is 0 Å². The van der Waals surface area contributed by atoms with E-state index in [4.69, 9.17) is 0 Å². The van der Waals surface area contributed by atoms with Gasteiger partial charge in [-0.2, -0.15) is 0 Å². The van der Waals surface area contributed by atoms with Crippen molar-refractivity contribution >= 4 is 5.97 Å². The second kappa shape index (κ2) is 1.50. The van der Waals surface area contributed by atoms with E-state index in [0.717, 1.165) is 0 Å². The number of carbonyl (C=O) groups excluding carboxylic acids is 1. The predicted octanol–water partition coefficient (Wildman–Crippen LogP) is -0.854. The smallest absolute Gasteiger partial charge is 0.325 e. The first kappa shape index (κ1) is 4.59. The molecule has 0 aromatic carbocycles. The summed E-state index contributed by atoms with van der Waals surface area (Å²) in [6.07, 6.45) is 0. The van der Waals surface area contributed by atoms with E-state index in [1.807, 2.05) is 0 Å². The summed E-state index contributed by atoms with van der Waals surface area (Å²) in [5.74, 6) is -0.208. The average Bonchev–Trinajstić information content (AvgIpc) is 2.44. The van der Waals surface area contributed by atoms with Crippen LogP contribution in [0.2, 0.25) is 0 Å². The molecule has 0 aromatic rings. The second-order valence-corrected chi connectivity index (χ2v) is 1.40. The Morgan fingerprint density at radius 1 is 2.00 bits per heavy atom. The molecule has 1 aliphatic rings. The Hall–Kier alpha value is -0.570. The topological polar surface area (TPSA) is 40.4 Å². The molecule has 1 rings (SSSR count). The lowest BCUT2D eigenvalue weighted by Gasteiger charge is -1.87. The van der Waals surface area contributed by atoms with Crippen molar-refractivity contribution in [3.05, 3.63) is 0 Å². The fourth-order valence-electron chi connectivity index (χ4n) is 0.338. The largest absolute Gasteiger partial charge is 0.468 e. The third kappa shape index (κ3) is 0.899. The van der Waals surface area contributed by atoms with Gasteiger partial charge in [-0.3, -0.25) is 4.79 Å². The van der Waals surface area contributed by atoms with Crippen LogP contribution in [0.1, 0.15) is 0 Å². The van der Waals surface area contributed by atoms with Gasteiger partial charge in [0.2, 0.25) is 0 Å². The summed E-state index contributed by atoms with van der Waals surface area (Å²) in [5, 5.41) is 3.70. The van der Waals surface area contributed by atoms with Crippen molar-refractivity contribution in [2.45, 2.75) is 6.04 Å². The zero-order chi connectivity index (χ0) is 5.28. The van der Waals surface area contributed by atoms with Crippen LogP contribution in [-0.2, 0) is 9.53 Å². The van der Waals surface area contributed by atoms with Gasteiger partial charge in [-0.05, 0) is 0 Å². The van der Waals surface area contributed by atoms with Crippen LogP contribution >= 0.6 is 0 Å². The highest BCUT2D eigenvalue weighted by atomic mass is 16.5. The molecule has 1 heterocycles. The molecule has 0 N–H and O–H groups in total. The van der Waals surface area contributed by atoms with E-state index in [1.54, 1.807) is 0 Å². The quantitative estimate of drug-likeness (QED) is 0.318. The number of nitrogens with zero attached hydrogens (tertiary/aromatic N) is 1. The molecule has 0 spiro atoms. The maximum Gasteiger partial charge on any atom is 0.325 e. The Morgan fingerprint density at radius 2 is 2.57 bits per heavy atom. The van der Waals surface area contributed by atoms with Crippen LogP contribution in [-0.4, -0.2) is 25.7 Å². The molecule has 3 nitrogen and oxygen atoms in total. The normalized spacial score (nSPS) is 26.7. The first-order valence-corrected chi connectivity index (χ1v) is 2.09. The first-order valence-electron chi connectivity index (χ1n) is 2.09. The molecule has 1 fully saturated rings. The van der Waals surface area contributed by atoms with E-state index in [-0.39, 0.29) is 12.0 Å².